The van der Waals surface area contributed by atoms with Gasteiger partial charge in [-0.25, -0.2) is 4.98 Å². The number of H-pyrrole nitrogens is 1. The molecule has 0 aromatic carbocycles. The molecule has 2 aromatic heterocycles. The molecule has 14 heavy (non-hydrogen) atoms. The highest BCUT2D eigenvalue weighted by molar-refractivity contribution is 7.16. The van der Waals surface area contributed by atoms with Crippen molar-refractivity contribution in [2.75, 3.05) is 11.1 Å². The van der Waals surface area contributed by atoms with Crippen LogP contribution in [0.15, 0.2) is 12.4 Å². The number of anilines is 2. The van der Waals surface area contributed by atoms with Crippen LogP contribution in [0.5, 0.6) is 0 Å². The van der Waals surface area contributed by atoms with Gasteiger partial charge < -0.3 is 10.7 Å². The summed E-state index contributed by atoms with van der Waals surface area (Å²) in [6.45, 7) is 0. The number of amides is 1. The first-order valence-electron chi connectivity index (χ1n) is 3.65. The summed E-state index contributed by atoms with van der Waals surface area (Å²) in [7, 11) is 0. The molecule has 1 amide bonds. The molecule has 2 rings (SSSR count). The van der Waals surface area contributed by atoms with Gasteiger partial charge in [-0.15, -0.1) is 10.2 Å². The predicted octanol–water partition coefficient (Wildman–Crippen LogP) is 0.0957. The van der Waals surface area contributed by atoms with Gasteiger partial charge >= 0.3 is 0 Å². The van der Waals surface area contributed by atoms with E-state index in [0.29, 0.717) is 5.95 Å². The molecule has 0 bridgehead atoms. The minimum Gasteiger partial charge on any atom is -0.374 e. The lowest BCUT2D eigenvalue weighted by Gasteiger charge is -1.95. The Bertz CT molecular complexity index is 435. The van der Waals surface area contributed by atoms with E-state index < -0.39 is 0 Å². The first kappa shape index (κ1) is 8.63. The van der Waals surface area contributed by atoms with Gasteiger partial charge in [0.05, 0.1) is 0 Å². The fourth-order valence-electron chi connectivity index (χ4n) is 0.821. The third-order valence-electron chi connectivity index (χ3n) is 1.37. The zero-order valence-corrected chi connectivity index (χ0v) is 7.71. The second kappa shape index (κ2) is 3.42. The molecule has 8 heteroatoms. The first-order chi connectivity index (χ1) is 6.75. The maximum Gasteiger partial charge on any atom is 0.289 e. The van der Waals surface area contributed by atoms with E-state index in [0.717, 1.165) is 11.3 Å². The van der Waals surface area contributed by atoms with Crippen LogP contribution in [0.2, 0.25) is 0 Å². The van der Waals surface area contributed by atoms with Crippen molar-refractivity contribution in [1.82, 2.24) is 20.2 Å². The van der Waals surface area contributed by atoms with E-state index in [9.17, 15) is 4.79 Å². The van der Waals surface area contributed by atoms with Gasteiger partial charge in [-0.05, 0) is 0 Å². The van der Waals surface area contributed by atoms with E-state index in [-0.39, 0.29) is 16.0 Å². The maximum absolute atomic E-state index is 11.4. The lowest BCUT2D eigenvalue weighted by atomic mass is 10.6. The third kappa shape index (κ3) is 1.69. The predicted molar refractivity (Wildman–Crippen MR) is 50.9 cm³/mol. The number of aromatic amines is 1. The van der Waals surface area contributed by atoms with Crippen molar-refractivity contribution < 1.29 is 4.79 Å². The number of carbonyl (C=O) groups excluding carboxylic acids is 1. The van der Waals surface area contributed by atoms with Crippen LogP contribution in [0.4, 0.5) is 11.1 Å². The average molecular weight is 210 g/mol. The van der Waals surface area contributed by atoms with Crippen molar-refractivity contribution >= 4 is 28.3 Å². The molecule has 2 heterocycles. The average Bonchev–Trinajstić information content (AvgIpc) is 2.75. The molecule has 0 atom stereocenters. The zero-order valence-electron chi connectivity index (χ0n) is 6.89. The van der Waals surface area contributed by atoms with Crippen molar-refractivity contribution in [2.45, 2.75) is 0 Å². The summed E-state index contributed by atoms with van der Waals surface area (Å²) in [5, 5.41) is 10.1. The lowest BCUT2D eigenvalue weighted by molar-refractivity contribution is 0.102. The molecule has 7 nitrogen and oxygen atoms in total. The normalized spacial score (nSPS) is 10.0. The number of nitrogens with two attached hydrogens (primary N) is 1. The van der Waals surface area contributed by atoms with Crippen LogP contribution >= 0.6 is 11.3 Å². The molecule has 0 fully saturated rings. The molecular formula is C6H6N6OS. The fraction of sp³-hybridized carbons (Fsp3) is 0. The highest BCUT2D eigenvalue weighted by atomic mass is 32.1. The summed E-state index contributed by atoms with van der Waals surface area (Å²) < 4.78 is 0. The number of nitrogens with zero attached hydrogens (tertiary/aromatic N) is 3. The van der Waals surface area contributed by atoms with Crippen LogP contribution in [0.25, 0.3) is 0 Å². The monoisotopic (exact) mass is 210 g/mol. The molecule has 0 spiro atoms. The van der Waals surface area contributed by atoms with E-state index in [1.165, 1.54) is 6.20 Å². The summed E-state index contributed by atoms with van der Waals surface area (Å²) in [6, 6.07) is 0. The highest BCUT2D eigenvalue weighted by Gasteiger charge is 2.12. The number of nitrogens with one attached hydrogen (secondary N) is 2. The standard InChI is InChI=1S/C6H6N6OS/c7-5-12-11-4(14-5)3(13)10-6-8-1-2-9-6/h1-2H,(H2,7,12)(H2,8,9,10,13). The van der Waals surface area contributed by atoms with E-state index >= 15 is 0 Å². The number of aromatic nitrogens is 4. The molecule has 72 valence electrons. The Morgan fingerprint density at radius 3 is 3.00 bits per heavy atom. The summed E-state index contributed by atoms with van der Waals surface area (Å²) >= 11 is 1.02. The summed E-state index contributed by atoms with van der Waals surface area (Å²) in [5.41, 5.74) is 5.33. The van der Waals surface area contributed by atoms with Crippen LogP contribution in [0.3, 0.4) is 0 Å². The largest absolute Gasteiger partial charge is 0.374 e. The Morgan fingerprint density at radius 2 is 2.43 bits per heavy atom. The van der Waals surface area contributed by atoms with Crippen molar-refractivity contribution in [1.29, 1.82) is 0 Å². The smallest absolute Gasteiger partial charge is 0.289 e. The quantitative estimate of drug-likeness (QED) is 0.651. The molecule has 0 aliphatic heterocycles. The van der Waals surface area contributed by atoms with E-state index in [2.05, 4.69) is 25.5 Å². The van der Waals surface area contributed by atoms with Crippen LogP contribution in [-0.4, -0.2) is 26.1 Å². The first-order valence-corrected chi connectivity index (χ1v) is 4.47. The Morgan fingerprint density at radius 1 is 1.57 bits per heavy atom. The molecular weight excluding hydrogens is 204 g/mol. The summed E-state index contributed by atoms with van der Waals surface area (Å²) in [5.74, 6) is -0.0158. The SMILES string of the molecule is Nc1nnc(C(=O)Nc2ncc[nH]2)s1. The van der Waals surface area contributed by atoms with Gasteiger partial charge in [-0.2, -0.15) is 0 Å². The van der Waals surface area contributed by atoms with Gasteiger partial charge in [0.1, 0.15) is 0 Å². The fourth-order valence-corrected chi connectivity index (χ4v) is 1.33. The Labute approximate surface area is 82.4 Å². The molecule has 2 aromatic rings. The topological polar surface area (TPSA) is 110 Å². The molecule has 0 saturated carbocycles. The van der Waals surface area contributed by atoms with Crippen LogP contribution in [0, 0.1) is 0 Å². The second-order valence-electron chi connectivity index (χ2n) is 2.34. The van der Waals surface area contributed by atoms with E-state index in [4.69, 9.17) is 5.73 Å². The number of nitrogen functional groups attached to an aromatic ring is 1. The molecule has 0 radical (unpaired) electrons. The van der Waals surface area contributed by atoms with Gasteiger partial charge in [0.25, 0.3) is 5.91 Å². The number of carbonyl (C=O) groups is 1. The minimum atomic E-state index is -0.380. The Hall–Kier alpha value is -1.96. The molecule has 0 unspecified atom stereocenters. The number of rotatable bonds is 2. The minimum absolute atomic E-state index is 0.207. The van der Waals surface area contributed by atoms with Gasteiger partial charge in [0, 0.05) is 12.4 Å². The Balaban J connectivity index is 2.10. The van der Waals surface area contributed by atoms with Crippen molar-refractivity contribution in [3.8, 4) is 0 Å². The molecule has 4 N–H and O–H groups in total. The summed E-state index contributed by atoms with van der Waals surface area (Å²) in [4.78, 5) is 18.0. The van der Waals surface area contributed by atoms with Gasteiger partial charge in [0.15, 0.2) is 0 Å². The Kier molecular flexibility index (Phi) is 2.11. The van der Waals surface area contributed by atoms with Crippen molar-refractivity contribution in [2.24, 2.45) is 0 Å². The second-order valence-corrected chi connectivity index (χ2v) is 3.35. The van der Waals surface area contributed by atoms with E-state index in [1.54, 1.807) is 6.20 Å². The molecule has 0 saturated heterocycles. The van der Waals surface area contributed by atoms with Crippen LogP contribution < -0.4 is 11.1 Å². The van der Waals surface area contributed by atoms with Gasteiger partial charge in [-0.1, -0.05) is 11.3 Å². The zero-order chi connectivity index (χ0) is 9.97. The van der Waals surface area contributed by atoms with Crippen LogP contribution in [-0.2, 0) is 0 Å². The number of imidazole rings is 1. The van der Waals surface area contributed by atoms with Crippen molar-refractivity contribution in [3.63, 3.8) is 0 Å². The summed E-state index contributed by atoms with van der Waals surface area (Å²) in [6.07, 6.45) is 3.13. The van der Waals surface area contributed by atoms with Gasteiger partial charge in [0.2, 0.25) is 16.1 Å². The van der Waals surface area contributed by atoms with Gasteiger partial charge in [-0.3, -0.25) is 10.1 Å². The molecule has 0 aliphatic carbocycles. The highest BCUT2D eigenvalue weighted by Crippen LogP contribution is 2.11. The molecule has 0 aliphatic rings. The number of hydrogen-bond donors (Lipinski definition) is 3. The van der Waals surface area contributed by atoms with E-state index in [1.807, 2.05) is 0 Å². The third-order valence-corrected chi connectivity index (χ3v) is 2.12. The van der Waals surface area contributed by atoms with Crippen LogP contribution in [0.1, 0.15) is 9.80 Å². The number of hydrogen-bond acceptors (Lipinski definition) is 6. The van der Waals surface area contributed by atoms with Crippen molar-refractivity contribution in [3.05, 3.63) is 17.4 Å². The lowest BCUT2D eigenvalue weighted by Crippen LogP contribution is -2.12. The maximum atomic E-state index is 11.4.